The standard InChI is InChI=1S/C25H28N4O2S/c1-2-18-6-8-20(9-7-18)29-14-10-19(11-15-29)23-26-21-5-3-16-32(31)22(21)24(27-23)28-25(17-30)12-4-13-25/h1,6-10,30H,3-5,11-17H2,(H,26,27,28)/t32-/m1/s1. The van der Waals surface area contributed by atoms with Gasteiger partial charge >= 0.3 is 0 Å². The zero-order chi connectivity index (χ0) is 22.1. The molecule has 3 aliphatic rings. The molecule has 1 aromatic carbocycles. The minimum atomic E-state index is -1.10. The second-order valence-corrected chi connectivity index (χ2v) is 10.4. The topological polar surface area (TPSA) is 78.3 Å². The van der Waals surface area contributed by atoms with Crippen molar-refractivity contribution in [1.29, 1.82) is 0 Å². The quantitative estimate of drug-likeness (QED) is 0.685. The van der Waals surface area contributed by atoms with Crippen LogP contribution in [0.25, 0.3) is 5.57 Å². The first-order valence-electron chi connectivity index (χ1n) is 11.3. The molecule has 7 heteroatoms. The van der Waals surface area contributed by atoms with Gasteiger partial charge in [-0.15, -0.1) is 6.42 Å². The first-order valence-corrected chi connectivity index (χ1v) is 12.6. The summed E-state index contributed by atoms with van der Waals surface area (Å²) >= 11 is 0. The van der Waals surface area contributed by atoms with Gasteiger partial charge in [0.25, 0.3) is 0 Å². The van der Waals surface area contributed by atoms with Crippen molar-refractivity contribution in [3.63, 3.8) is 0 Å². The van der Waals surface area contributed by atoms with Crippen LogP contribution in [-0.4, -0.2) is 50.3 Å². The number of aryl methyl sites for hydroxylation is 1. The molecule has 0 amide bonds. The van der Waals surface area contributed by atoms with Gasteiger partial charge in [0.15, 0.2) is 5.82 Å². The summed E-state index contributed by atoms with van der Waals surface area (Å²) in [5, 5.41) is 13.4. The number of aromatic nitrogens is 2. The highest BCUT2D eigenvalue weighted by Crippen LogP contribution is 2.38. The molecule has 166 valence electrons. The first kappa shape index (κ1) is 21.2. The van der Waals surface area contributed by atoms with Crippen molar-refractivity contribution < 1.29 is 9.32 Å². The van der Waals surface area contributed by atoms with Crippen molar-refractivity contribution >= 4 is 27.9 Å². The van der Waals surface area contributed by atoms with Gasteiger partial charge in [-0.1, -0.05) is 12.0 Å². The van der Waals surface area contributed by atoms with Crippen LogP contribution in [0.15, 0.2) is 35.2 Å². The van der Waals surface area contributed by atoms with E-state index in [1.807, 2.05) is 12.1 Å². The minimum absolute atomic E-state index is 0.0594. The molecular weight excluding hydrogens is 420 g/mol. The lowest BCUT2D eigenvalue weighted by Gasteiger charge is -2.42. The number of hydrogen-bond acceptors (Lipinski definition) is 6. The predicted octanol–water partition coefficient (Wildman–Crippen LogP) is 3.13. The molecule has 1 aliphatic carbocycles. The van der Waals surface area contributed by atoms with Gasteiger partial charge in [-0.25, -0.2) is 9.97 Å². The number of nitrogens with zero attached hydrogens (tertiary/aromatic N) is 3. The maximum Gasteiger partial charge on any atom is 0.157 e. The summed E-state index contributed by atoms with van der Waals surface area (Å²) in [7, 11) is -1.10. The van der Waals surface area contributed by atoms with Gasteiger partial charge < -0.3 is 15.3 Å². The van der Waals surface area contributed by atoms with Crippen LogP contribution in [0.4, 0.5) is 11.5 Å². The Morgan fingerprint density at radius 3 is 2.62 bits per heavy atom. The summed E-state index contributed by atoms with van der Waals surface area (Å²) in [6.45, 7) is 1.71. The van der Waals surface area contributed by atoms with Gasteiger partial charge in [-0.3, -0.25) is 4.21 Å². The molecular formula is C25H28N4O2S. The third-order valence-electron chi connectivity index (χ3n) is 6.80. The van der Waals surface area contributed by atoms with E-state index in [-0.39, 0.29) is 12.1 Å². The van der Waals surface area contributed by atoms with Crippen LogP contribution in [0.2, 0.25) is 0 Å². The fraction of sp³-hybridized carbons (Fsp3) is 0.440. The first-order chi connectivity index (χ1) is 15.6. The number of aliphatic hydroxyl groups is 1. The van der Waals surface area contributed by atoms with Gasteiger partial charge in [0.05, 0.1) is 28.6 Å². The van der Waals surface area contributed by atoms with Crippen LogP contribution in [0.5, 0.6) is 0 Å². The number of anilines is 2. The van der Waals surface area contributed by atoms with Crippen molar-refractivity contribution in [3.8, 4) is 12.3 Å². The average molecular weight is 449 g/mol. The lowest BCUT2D eigenvalue weighted by molar-refractivity contribution is 0.143. The molecule has 6 nitrogen and oxygen atoms in total. The smallest absolute Gasteiger partial charge is 0.157 e. The molecule has 0 unspecified atom stereocenters. The summed E-state index contributed by atoms with van der Waals surface area (Å²) in [5.74, 6) is 4.68. The molecule has 2 N–H and O–H groups in total. The molecule has 3 heterocycles. The fourth-order valence-corrected chi connectivity index (χ4v) is 5.99. The van der Waals surface area contributed by atoms with Crippen molar-refractivity contribution in [1.82, 2.24) is 9.97 Å². The average Bonchev–Trinajstić information content (AvgIpc) is 2.81. The Balaban J connectivity index is 1.43. The zero-order valence-corrected chi connectivity index (χ0v) is 19.0. The predicted molar refractivity (Wildman–Crippen MR) is 128 cm³/mol. The SMILES string of the molecule is C#Cc1ccc(N2CC=C(c3nc4c(c(NC5(CO)CCC5)n3)[S@](=O)CCC4)CC2)cc1. The van der Waals surface area contributed by atoms with Crippen molar-refractivity contribution in [3.05, 3.63) is 47.4 Å². The van der Waals surface area contributed by atoms with Crippen LogP contribution >= 0.6 is 0 Å². The van der Waals surface area contributed by atoms with Crippen LogP contribution in [0, 0.1) is 12.3 Å². The Morgan fingerprint density at radius 1 is 1.19 bits per heavy atom. The second-order valence-electron chi connectivity index (χ2n) is 8.86. The summed E-state index contributed by atoms with van der Waals surface area (Å²) in [6.07, 6.45) is 13.1. The fourth-order valence-electron chi connectivity index (χ4n) is 4.66. The van der Waals surface area contributed by atoms with E-state index in [0.717, 1.165) is 84.9 Å². The third-order valence-corrected chi connectivity index (χ3v) is 8.34. The van der Waals surface area contributed by atoms with Gasteiger partial charge in [-0.05, 0) is 68.4 Å². The summed E-state index contributed by atoms with van der Waals surface area (Å²) in [5.41, 5.74) is 3.70. The lowest BCUT2D eigenvalue weighted by Crippen LogP contribution is -2.49. The Morgan fingerprint density at radius 2 is 2.00 bits per heavy atom. The summed E-state index contributed by atoms with van der Waals surface area (Å²) in [4.78, 5) is 12.8. The Bertz CT molecular complexity index is 1110. The van der Waals surface area contributed by atoms with E-state index in [0.29, 0.717) is 11.6 Å². The van der Waals surface area contributed by atoms with Crippen LogP contribution < -0.4 is 10.2 Å². The van der Waals surface area contributed by atoms with Gasteiger partial charge in [0.1, 0.15) is 10.7 Å². The van der Waals surface area contributed by atoms with Gasteiger partial charge in [0.2, 0.25) is 0 Å². The van der Waals surface area contributed by atoms with Crippen LogP contribution in [0.3, 0.4) is 0 Å². The van der Waals surface area contributed by atoms with Crippen molar-refractivity contribution in [2.45, 2.75) is 49.0 Å². The molecule has 0 bridgehead atoms. The van der Waals surface area contributed by atoms with Crippen molar-refractivity contribution in [2.75, 3.05) is 35.7 Å². The number of terminal acetylenes is 1. The third kappa shape index (κ3) is 3.94. The second kappa shape index (κ2) is 8.68. The lowest BCUT2D eigenvalue weighted by atomic mass is 9.77. The molecule has 1 atom stereocenters. The molecule has 32 heavy (non-hydrogen) atoms. The summed E-state index contributed by atoms with van der Waals surface area (Å²) < 4.78 is 12.8. The van der Waals surface area contributed by atoms with E-state index >= 15 is 0 Å². The number of hydrogen-bond donors (Lipinski definition) is 2. The van der Waals surface area contributed by atoms with E-state index in [1.165, 1.54) is 0 Å². The minimum Gasteiger partial charge on any atom is -0.394 e. The molecule has 0 saturated heterocycles. The number of rotatable bonds is 5. The maximum atomic E-state index is 12.8. The van der Waals surface area contributed by atoms with E-state index < -0.39 is 10.8 Å². The maximum absolute atomic E-state index is 12.8. The molecule has 5 rings (SSSR count). The van der Waals surface area contributed by atoms with E-state index in [2.05, 4.69) is 34.3 Å². The highest BCUT2D eigenvalue weighted by atomic mass is 32.2. The van der Waals surface area contributed by atoms with E-state index in [1.54, 1.807) is 0 Å². The van der Waals surface area contributed by atoms with Gasteiger partial charge in [-0.2, -0.15) is 0 Å². The molecule has 2 aromatic rings. The van der Waals surface area contributed by atoms with Gasteiger partial charge in [0, 0.05) is 30.1 Å². The number of nitrogens with one attached hydrogen (secondary N) is 1. The van der Waals surface area contributed by atoms with Crippen LogP contribution in [0.1, 0.15) is 49.2 Å². The van der Waals surface area contributed by atoms with E-state index in [9.17, 15) is 9.32 Å². The zero-order valence-electron chi connectivity index (χ0n) is 18.1. The van der Waals surface area contributed by atoms with Crippen molar-refractivity contribution in [2.24, 2.45) is 0 Å². The van der Waals surface area contributed by atoms with Crippen LogP contribution in [-0.2, 0) is 17.2 Å². The monoisotopic (exact) mass is 448 g/mol. The molecule has 1 saturated carbocycles. The number of aliphatic hydroxyl groups excluding tert-OH is 1. The number of fused-ring (bicyclic) bond motifs is 1. The molecule has 2 aliphatic heterocycles. The molecule has 0 spiro atoms. The normalized spacial score (nSPS) is 21.7. The Labute approximate surface area is 191 Å². The highest BCUT2D eigenvalue weighted by molar-refractivity contribution is 7.85. The molecule has 0 radical (unpaired) electrons. The summed E-state index contributed by atoms with van der Waals surface area (Å²) in [6, 6.07) is 8.06. The Hall–Kier alpha value is -2.69. The largest absolute Gasteiger partial charge is 0.394 e. The Kier molecular flexibility index (Phi) is 5.75. The molecule has 1 aromatic heterocycles. The van der Waals surface area contributed by atoms with E-state index in [4.69, 9.17) is 16.4 Å². The highest BCUT2D eigenvalue weighted by Gasteiger charge is 2.38. The molecule has 1 fully saturated rings. The number of benzene rings is 1.